The van der Waals surface area contributed by atoms with Gasteiger partial charge in [0, 0.05) is 19.0 Å². The number of carbonyl (C=O) groups is 1. The van der Waals surface area contributed by atoms with Gasteiger partial charge in [-0.3, -0.25) is 4.79 Å². The Kier molecular flexibility index (Phi) is 10.1. The Labute approximate surface area is 117 Å². The standard InChI is InChI=1S/C12H26N2O3.C2H6/c1-9(13)7-14-10(15)6-11(2,3)8-17-12(4,5)16;1-2/h9,16H,6-8,13H2,1-5H3,(H,14,15);1-2H3. The van der Waals surface area contributed by atoms with Crippen molar-refractivity contribution in [2.45, 2.75) is 66.7 Å². The van der Waals surface area contributed by atoms with Gasteiger partial charge in [-0.2, -0.15) is 0 Å². The van der Waals surface area contributed by atoms with Gasteiger partial charge in [-0.05, 0) is 26.2 Å². The first-order valence-electron chi connectivity index (χ1n) is 6.90. The Morgan fingerprint density at radius 2 is 1.79 bits per heavy atom. The Hall–Kier alpha value is -0.650. The molecule has 0 aromatic rings. The molecule has 0 aliphatic carbocycles. The molecule has 1 unspecified atom stereocenters. The van der Waals surface area contributed by atoms with Crippen molar-refractivity contribution in [2.75, 3.05) is 13.2 Å². The van der Waals surface area contributed by atoms with Crippen LogP contribution in [0.15, 0.2) is 0 Å². The number of rotatable bonds is 7. The van der Waals surface area contributed by atoms with E-state index in [9.17, 15) is 9.90 Å². The minimum absolute atomic E-state index is 0.0466. The third-order valence-corrected chi connectivity index (χ3v) is 2.08. The fourth-order valence-corrected chi connectivity index (χ4v) is 1.19. The Morgan fingerprint density at radius 3 is 2.16 bits per heavy atom. The summed E-state index contributed by atoms with van der Waals surface area (Å²) in [5.74, 6) is -1.22. The Balaban J connectivity index is 0. The molecule has 1 amide bonds. The lowest BCUT2D eigenvalue weighted by Crippen LogP contribution is -2.38. The molecule has 0 aliphatic rings. The highest BCUT2D eigenvalue weighted by atomic mass is 16.6. The topological polar surface area (TPSA) is 84.6 Å². The molecule has 0 aliphatic heterocycles. The smallest absolute Gasteiger partial charge is 0.220 e. The first-order valence-corrected chi connectivity index (χ1v) is 6.90. The van der Waals surface area contributed by atoms with Gasteiger partial charge in [0.1, 0.15) is 0 Å². The van der Waals surface area contributed by atoms with Crippen LogP contribution >= 0.6 is 0 Å². The van der Waals surface area contributed by atoms with Crippen molar-refractivity contribution >= 4 is 5.91 Å². The van der Waals surface area contributed by atoms with Crippen LogP contribution in [0.5, 0.6) is 0 Å². The van der Waals surface area contributed by atoms with Crippen LogP contribution in [0.2, 0.25) is 0 Å². The molecule has 0 spiro atoms. The van der Waals surface area contributed by atoms with E-state index in [1.807, 2.05) is 34.6 Å². The molecule has 0 aromatic carbocycles. The summed E-state index contributed by atoms with van der Waals surface area (Å²) in [6, 6.07) is -0.0466. The van der Waals surface area contributed by atoms with Gasteiger partial charge >= 0.3 is 0 Å². The van der Waals surface area contributed by atoms with Crippen LogP contribution < -0.4 is 11.1 Å². The van der Waals surface area contributed by atoms with E-state index in [-0.39, 0.29) is 17.4 Å². The molecule has 116 valence electrons. The van der Waals surface area contributed by atoms with Gasteiger partial charge in [0.05, 0.1) is 6.61 Å². The van der Waals surface area contributed by atoms with Gasteiger partial charge in [0.15, 0.2) is 5.79 Å². The Bertz CT molecular complexity index is 246. The van der Waals surface area contributed by atoms with Crippen molar-refractivity contribution in [3.05, 3.63) is 0 Å². The van der Waals surface area contributed by atoms with Crippen LogP contribution in [-0.4, -0.2) is 36.0 Å². The highest BCUT2D eigenvalue weighted by Gasteiger charge is 2.25. The molecule has 19 heavy (non-hydrogen) atoms. The molecule has 0 fully saturated rings. The molecule has 0 bridgehead atoms. The summed E-state index contributed by atoms with van der Waals surface area (Å²) >= 11 is 0. The summed E-state index contributed by atoms with van der Waals surface area (Å²) in [4.78, 5) is 11.6. The molecule has 0 saturated carbocycles. The molecular weight excluding hydrogens is 244 g/mol. The number of carbonyl (C=O) groups excluding carboxylic acids is 1. The predicted molar refractivity (Wildman–Crippen MR) is 78.7 cm³/mol. The van der Waals surface area contributed by atoms with Crippen LogP contribution in [0.1, 0.15) is 54.9 Å². The van der Waals surface area contributed by atoms with E-state index in [2.05, 4.69) is 5.32 Å². The molecule has 0 aromatic heterocycles. The second kappa shape index (κ2) is 9.28. The van der Waals surface area contributed by atoms with Crippen LogP contribution in [-0.2, 0) is 9.53 Å². The minimum atomic E-state index is -1.17. The largest absolute Gasteiger partial charge is 0.366 e. The number of nitrogens with one attached hydrogen (secondary N) is 1. The van der Waals surface area contributed by atoms with Crippen molar-refractivity contribution in [1.29, 1.82) is 0 Å². The summed E-state index contributed by atoms with van der Waals surface area (Å²) in [6.45, 7) is 13.6. The molecule has 0 saturated heterocycles. The van der Waals surface area contributed by atoms with E-state index >= 15 is 0 Å². The Morgan fingerprint density at radius 1 is 1.32 bits per heavy atom. The summed E-state index contributed by atoms with van der Waals surface area (Å²) in [6.07, 6.45) is 0.343. The molecule has 4 N–H and O–H groups in total. The first kappa shape index (κ1) is 20.7. The van der Waals surface area contributed by atoms with Crippen LogP contribution in [0.25, 0.3) is 0 Å². The molecule has 1 atom stereocenters. The number of ether oxygens (including phenoxy) is 1. The highest BCUT2D eigenvalue weighted by molar-refractivity contribution is 5.76. The summed E-state index contributed by atoms with van der Waals surface area (Å²) in [7, 11) is 0. The van der Waals surface area contributed by atoms with E-state index < -0.39 is 5.79 Å². The van der Waals surface area contributed by atoms with E-state index in [1.54, 1.807) is 13.8 Å². The van der Waals surface area contributed by atoms with E-state index in [0.29, 0.717) is 19.6 Å². The lowest BCUT2D eigenvalue weighted by Gasteiger charge is -2.28. The lowest BCUT2D eigenvalue weighted by atomic mass is 9.90. The molecule has 5 nitrogen and oxygen atoms in total. The zero-order chi connectivity index (χ0) is 15.7. The second-order valence-corrected chi connectivity index (χ2v) is 5.86. The zero-order valence-corrected chi connectivity index (χ0v) is 13.5. The first-order chi connectivity index (χ1) is 8.52. The van der Waals surface area contributed by atoms with Crippen LogP contribution in [0.3, 0.4) is 0 Å². The van der Waals surface area contributed by atoms with E-state index in [0.717, 1.165) is 0 Å². The fourth-order valence-electron chi connectivity index (χ4n) is 1.19. The lowest BCUT2D eigenvalue weighted by molar-refractivity contribution is -0.192. The van der Waals surface area contributed by atoms with E-state index in [1.165, 1.54) is 0 Å². The molecule has 0 radical (unpaired) electrons. The summed E-state index contributed by atoms with van der Waals surface area (Å²) in [5, 5.41) is 12.2. The van der Waals surface area contributed by atoms with Gasteiger partial charge in [-0.25, -0.2) is 0 Å². The number of amides is 1. The van der Waals surface area contributed by atoms with Gasteiger partial charge in [-0.1, -0.05) is 27.7 Å². The quantitative estimate of drug-likeness (QED) is 0.617. The average molecular weight is 276 g/mol. The molecule has 0 heterocycles. The van der Waals surface area contributed by atoms with Crippen molar-refractivity contribution in [3.63, 3.8) is 0 Å². The third kappa shape index (κ3) is 15.3. The minimum Gasteiger partial charge on any atom is -0.366 e. The number of aliphatic hydroxyl groups is 1. The molecular formula is C14H32N2O3. The summed E-state index contributed by atoms with van der Waals surface area (Å²) in [5.41, 5.74) is 5.23. The zero-order valence-electron chi connectivity index (χ0n) is 13.5. The number of hydrogen-bond acceptors (Lipinski definition) is 4. The van der Waals surface area contributed by atoms with Crippen molar-refractivity contribution < 1.29 is 14.6 Å². The van der Waals surface area contributed by atoms with Gasteiger partial charge < -0.3 is 20.9 Å². The van der Waals surface area contributed by atoms with Crippen molar-refractivity contribution in [3.8, 4) is 0 Å². The van der Waals surface area contributed by atoms with Gasteiger partial charge in [0.25, 0.3) is 0 Å². The van der Waals surface area contributed by atoms with E-state index in [4.69, 9.17) is 10.5 Å². The maximum atomic E-state index is 11.6. The summed E-state index contributed by atoms with van der Waals surface area (Å²) < 4.78 is 5.27. The normalized spacial score (nSPS) is 13.3. The number of nitrogens with two attached hydrogens (primary N) is 1. The van der Waals surface area contributed by atoms with Gasteiger partial charge in [-0.15, -0.1) is 0 Å². The predicted octanol–water partition coefficient (Wildman–Crippen LogP) is 1.64. The average Bonchev–Trinajstić information content (AvgIpc) is 2.25. The van der Waals surface area contributed by atoms with Gasteiger partial charge in [0.2, 0.25) is 5.91 Å². The molecule has 0 rings (SSSR count). The van der Waals surface area contributed by atoms with Crippen molar-refractivity contribution in [1.82, 2.24) is 5.32 Å². The highest BCUT2D eigenvalue weighted by Crippen LogP contribution is 2.22. The fraction of sp³-hybridized carbons (Fsp3) is 0.929. The van der Waals surface area contributed by atoms with Crippen LogP contribution in [0.4, 0.5) is 0 Å². The monoisotopic (exact) mass is 276 g/mol. The maximum Gasteiger partial charge on any atom is 0.220 e. The maximum absolute atomic E-state index is 11.6. The van der Waals surface area contributed by atoms with Crippen LogP contribution in [0, 0.1) is 5.41 Å². The SMILES string of the molecule is CC.CC(N)CNC(=O)CC(C)(C)COC(C)(C)O. The van der Waals surface area contributed by atoms with Crippen molar-refractivity contribution in [2.24, 2.45) is 11.1 Å². The molecule has 5 heteroatoms. The second-order valence-electron chi connectivity index (χ2n) is 5.86. The third-order valence-electron chi connectivity index (χ3n) is 2.08. The number of hydrogen-bond donors (Lipinski definition) is 3.